The van der Waals surface area contributed by atoms with Crippen LogP contribution in [0.5, 0.6) is 0 Å². The largest absolute Gasteiger partial charge is 0.444 e. The van der Waals surface area contributed by atoms with Gasteiger partial charge in [0.2, 0.25) is 0 Å². The molecule has 0 aromatic rings. The van der Waals surface area contributed by atoms with Crippen molar-refractivity contribution in [2.75, 3.05) is 13.1 Å². The fourth-order valence-corrected chi connectivity index (χ4v) is 2.24. The summed E-state index contributed by atoms with van der Waals surface area (Å²) in [7, 11) is 0. The number of likely N-dealkylation sites (tertiary alicyclic amines) is 1. The normalized spacial score (nSPS) is 21.9. The molecule has 1 atom stereocenters. The van der Waals surface area contributed by atoms with E-state index in [-0.39, 0.29) is 6.09 Å². The molecule has 0 aromatic heterocycles. The molecule has 1 aliphatic heterocycles. The van der Waals surface area contributed by atoms with Crippen molar-refractivity contribution in [3.05, 3.63) is 0 Å². The van der Waals surface area contributed by atoms with Gasteiger partial charge in [0.25, 0.3) is 0 Å². The SMILES string of the molecule is CC(C)NC1CCCN(C(=O)OC(C)(C)C)CC1. The Kier molecular flexibility index (Phi) is 5.45. The Morgan fingerprint density at radius 3 is 2.50 bits per heavy atom. The lowest BCUT2D eigenvalue weighted by molar-refractivity contribution is 0.0256. The predicted molar refractivity (Wildman–Crippen MR) is 73.7 cm³/mol. The van der Waals surface area contributed by atoms with Gasteiger partial charge in [-0.15, -0.1) is 0 Å². The molecule has 0 radical (unpaired) electrons. The van der Waals surface area contributed by atoms with Crippen LogP contribution >= 0.6 is 0 Å². The fraction of sp³-hybridized carbons (Fsp3) is 0.929. The van der Waals surface area contributed by atoms with Crippen molar-refractivity contribution in [1.29, 1.82) is 0 Å². The first-order chi connectivity index (χ1) is 8.28. The molecule has 1 heterocycles. The third-order valence-corrected chi connectivity index (χ3v) is 2.95. The Bertz CT molecular complexity index is 271. The summed E-state index contributed by atoms with van der Waals surface area (Å²) in [5, 5.41) is 3.55. The molecular formula is C14H28N2O2. The molecule has 4 heteroatoms. The molecule has 0 saturated carbocycles. The summed E-state index contributed by atoms with van der Waals surface area (Å²) in [4.78, 5) is 13.8. The van der Waals surface area contributed by atoms with E-state index in [1.807, 2.05) is 25.7 Å². The van der Waals surface area contributed by atoms with Crippen LogP contribution in [0.15, 0.2) is 0 Å². The van der Waals surface area contributed by atoms with Gasteiger partial charge in [-0.1, -0.05) is 13.8 Å². The number of nitrogens with one attached hydrogen (secondary N) is 1. The highest BCUT2D eigenvalue weighted by Crippen LogP contribution is 2.15. The Morgan fingerprint density at radius 1 is 1.28 bits per heavy atom. The molecule has 1 amide bonds. The zero-order chi connectivity index (χ0) is 13.8. The van der Waals surface area contributed by atoms with E-state index in [9.17, 15) is 4.79 Å². The summed E-state index contributed by atoms with van der Waals surface area (Å²) >= 11 is 0. The quantitative estimate of drug-likeness (QED) is 0.826. The fourth-order valence-electron chi connectivity index (χ4n) is 2.24. The highest BCUT2D eigenvalue weighted by Gasteiger charge is 2.25. The van der Waals surface area contributed by atoms with Crippen LogP contribution in [0.2, 0.25) is 0 Å². The van der Waals surface area contributed by atoms with E-state index >= 15 is 0 Å². The second kappa shape index (κ2) is 6.41. The lowest BCUT2D eigenvalue weighted by Gasteiger charge is -2.26. The van der Waals surface area contributed by atoms with Crippen LogP contribution in [0.4, 0.5) is 4.79 Å². The highest BCUT2D eigenvalue weighted by atomic mass is 16.6. The molecule has 1 aliphatic rings. The second-order valence-corrected chi connectivity index (χ2v) is 6.42. The van der Waals surface area contributed by atoms with Crippen molar-refractivity contribution in [3.8, 4) is 0 Å². The first kappa shape index (κ1) is 15.3. The van der Waals surface area contributed by atoms with Crippen LogP contribution in [0, 0.1) is 0 Å². The van der Waals surface area contributed by atoms with E-state index in [1.165, 1.54) is 0 Å². The lowest BCUT2D eigenvalue weighted by atomic mass is 10.1. The van der Waals surface area contributed by atoms with E-state index in [4.69, 9.17) is 4.74 Å². The molecule has 106 valence electrons. The summed E-state index contributed by atoms with van der Waals surface area (Å²) in [6.07, 6.45) is 3.02. The van der Waals surface area contributed by atoms with Crippen LogP contribution in [0.1, 0.15) is 53.9 Å². The predicted octanol–water partition coefficient (Wildman–Crippen LogP) is 2.77. The van der Waals surface area contributed by atoms with Crippen LogP contribution in [0.25, 0.3) is 0 Å². The maximum atomic E-state index is 12.0. The van der Waals surface area contributed by atoms with Gasteiger partial charge in [-0.25, -0.2) is 4.79 Å². The molecule has 1 rings (SSSR count). The zero-order valence-electron chi connectivity index (χ0n) is 12.5. The number of nitrogens with zero attached hydrogens (tertiary/aromatic N) is 1. The Morgan fingerprint density at radius 2 is 1.94 bits per heavy atom. The smallest absolute Gasteiger partial charge is 0.410 e. The average Bonchev–Trinajstić information content (AvgIpc) is 2.39. The minimum atomic E-state index is -0.404. The molecule has 0 aliphatic carbocycles. The van der Waals surface area contributed by atoms with Crippen molar-refractivity contribution in [3.63, 3.8) is 0 Å². The van der Waals surface area contributed by atoms with E-state index in [2.05, 4.69) is 19.2 Å². The maximum absolute atomic E-state index is 12.0. The zero-order valence-corrected chi connectivity index (χ0v) is 12.5. The number of carbonyl (C=O) groups is 1. The summed E-state index contributed by atoms with van der Waals surface area (Å²) in [5.41, 5.74) is -0.404. The number of hydrogen-bond acceptors (Lipinski definition) is 3. The van der Waals surface area contributed by atoms with Gasteiger partial charge in [0, 0.05) is 25.2 Å². The number of ether oxygens (including phenoxy) is 1. The third-order valence-electron chi connectivity index (χ3n) is 2.95. The van der Waals surface area contributed by atoms with E-state index in [0.717, 1.165) is 32.4 Å². The minimum Gasteiger partial charge on any atom is -0.444 e. The number of amides is 1. The molecule has 4 nitrogen and oxygen atoms in total. The highest BCUT2D eigenvalue weighted by molar-refractivity contribution is 5.68. The molecule has 0 aromatic carbocycles. The van der Waals surface area contributed by atoms with Crippen LogP contribution < -0.4 is 5.32 Å². The van der Waals surface area contributed by atoms with Gasteiger partial charge in [0.15, 0.2) is 0 Å². The Balaban J connectivity index is 2.44. The summed E-state index contributed by atoms with van der Waals surface area (Å²) in [6, 6.07) is 1.03. The monoisotopic (exact) mass is 256 g/mol. The van der Waals surface area contributed by atoms with Gasteiger partial charge in [-0.2, -0.15) is 0 Å². The molecule has 0 bridgehead atoms. The van der Waals surface area contributed by atoms with E-state index in [1.54, 1.807) is 0 Å². The van der Waals surface area contributed by atoms with Crippen LogP contribution in [-0.2, 0) is 4.74 Å². The molecular weight excluding hydrogens is 228 g/mol. The molecule has 1 unspecified atom stereocenters. The Hall–Kier alpha value is -0.770. The lowest BCUT2D eigenvalue weighted by Crippen LogP contribution is -2.39. The molecule has 18 heavy (non-hydrogen) atoms. The van der Waals surface area contributed by atoms with Gasteiger partial charge in [0.1, 0.15) is 5.60 Å². The minimum absolute atomic E-state index is 0.173. The van der Waals surface area contributed by atoms with Crippen LogP contribution in [0.3, 0.4) is 0 Å². The topological polar surface area (TPSA) is 41.6 Å². The second-order valence-electron chi connectivity index (χ2n) is 6.42. The van der Waals surface area contributed by atoms with Crippen molar-refractivity contribution >= 4 is 6.09 Å². The first-order valence-electron chi connectivity index (χ1n) is 7.02. The standard InChI is InChI=1S/C14H28N2O2/c1-11(2)15-12-7-6-9-16(10-8-12)13(17)18-14(3,4)5/h11-12,15H,6-10H2,1-5H3. The van der Waals surface area contributed by atoms with Gasteiger partial charge >= 0.3 is 6.09 Å². The van der Waals surface area contributed by atoms with Crippen molar-refractivity contribution in [2.45, 2.75) is 71.6 Å². The first-order valence-corrected chi connectivity index (χ1v) is 7.02. The molecule has 0 spiro atoms. The molecule has 1 N–H and O–H groups in total. The van der Waals surface area contributed by atoms with Gasteiger partial charge in [-0.05, 0) is 40.0 Å². The summed E-state index contributed by atoms with van der Waals surface area (Å²) in [5.74, 6) is 0. The maximum Gasteiger partial charge on any atom is 0.410 e. The number of hydrogen-bond donors (Lipinski definition) is 1. The van der Waals surface area contributed by atoms with Crippen molar-refractivity contribution in [2.24, 2.45) is 0 Å². The molecule has 1 saturated heterocycles. The summed E-state index contributed by atoms with van der Waals surface area (Å²) < 4.78 is 5.42. The Labute approximate surface area is 111 Å². The number of carbonyl (C=O) groups excluding carboxylic acids is 1. The van der Waals surface area contributed by atoms with Gasteiger partial charge < -0.3 is 15.0 Å². The number of rotatable bonds is 2. The van der Waals surface area contributed by atoms with Crippen molar-refractivity contribution in [1.82, 2.24) is 10.2 Å². The van der Waals surface area contributed by atoms with E-state index in [0.29, 0.717) is 12.1 Å². The molecule has 1 fully saturated rings. The van der Waals surface area contributed by atoms with Gasteiger partial charge in [-0.3, -0.25) is 0 Å². The van der Waals surface area contributed by atoms with Crippen LogP contribution in [-0.4, -0.2) is 41.8 Å². The van der Waals surface area contributed by atoms with Crippen molar-refractivity contribution < 1.29 is 9.53 Å². The average molecular weight is 256 g/mol. The van der Waals surface area contributed by atoms with E-state index < -0.39 is 5.60 Å². The summed E-state index contributed by atoms with van der Waals surface area (Å²) in [6.45, 7) is 11.7. The third kappa shape index (κ3) is 5.71. The van der Waals surface area contributed by atoms with Gasteiger partial charge in [0.05, 0.1) is 0 Å².